The van der Waals surface area contributed by atoms with E-state index >= 15 is 0 Å². The number of aromatic nitrogens is 2. The van der Waals surface area contributed by atoms with Crippen LogP contribution in [0, 0.1) is 12.3 Å². The quantitative estimate of drug-likeness (QED) is 0.755. The Labute approximate surface area is 84.9 Å². The van der Waals surface area contributed by atoms with E-state index in [2.05, 4.69) is 29.4 Å². The second-order valence-electron chi connectivity index (χ2n) is 4.28. The molecule has 0 radical (unpaired) electrons. The fourth-order valence-electron chi connectivity index (χ4n) is 0.895. The molecule has 0 bridgehead atoms. The summed E-state index contributed by atoms with van der Waals surface area (Å²) in [5.41, 5.74) is 6.63. The fourth-order valence-corrected chi connectivity index (χ4v) is 0.895. The third-order valence-corrected chi connectivity index (χ3v) is 2.10. The van der Waals surface area contributed by atoms with Crippen molar-refractivity contribution >= 4 is 5.82 Å². The molecule has 3 N–H and O–H groups in total. The van der Waals surface area contributed by atoms with Crippen LogP contribution >= 0.6 is 0 Å². The average Bonchev–Trinajstić information content (AvgIpc) is 2.17. The van der Waals surface area contributed by atoms with Crippen LogP contribution in [0.4, 0.5) is 5.82 Å². The van der Waals surface area contributed by atoms with E-state index in [-0.39, 0.29) is 5.41 Å². The number of nitrogens with two attached hydrogens (primary N) is 1. The summed E-state index contributed by atoms with van der Waals surface area (Å²) in [5, 5.41) is 11.2. The molecular weight excluding hydrogens is 176 g/mol. The number of anilines is 1. The lowest BCUT2D eigenvalue weighted by atomic mass is 9.94. The molecule has 0 fully saturated rings. The van der Waals surface area contributed by atoms with Gasteiger partial charge in [0.2, 0.25) is 0 Å². The second kappa shape index (κ2) is 4.37. The van der Waals surface area contributed by atoms with Crippen molar-refractivity contribution in [3.63, 3.8) is 0 Å². The van der Waals surface area contributed by atoms with Gasteiger partial charge in [-0.3, -0.25) is 0 Å². The highest BCUT2D eigenvalue weighted by atomic mass is 15.2. The van der Waals surface area contributed by atoms with Gasteiger partial charge >= 0.3 is 0 Å². The van der Waals surface area contributed by atoms with Crippen molar-refractivity contribution in [3.05, 3.63) is 17.8 Å². The normalized spacial score (nSPS) is 11.4. The van der Waals surface area contributed by atoms with E-state index in [0.717, 1.165) is 18.1 Å². The summed E-state index contributed by atoms with van der Waals surface area (Å²) < 4.78 is 0. The van der Waals surface area contributed by atoms with Crippen molar-refractivity contribution in [3.8, 4) is 0 Å². The Bertz CT molecular complexity index is 279. The predicted molar refractivity (Wildman–Crippen MR) is 58.1 cm³/mol. The predicted octanol–water partition coefficient (Wildman–Crippen LogP) is 1.18. The van der Waals surface area contributed by atoms with Crippen molar-refractivity contribution in [2.24, 2.45) is 11.1 Å². The Morgan fingerprint density at radius 2 is 2.07 bits per heavy atom. The van der Waals surface area contributed by atoms with Crippen molar-refractivity contribution in [1.82, 2.24) is 10.2 Å². The molecule has 78 valence electrons. The highest BCUT2D eigenvalue weighted by Gasteiger charge is 2.14. The molecular formula is C10H18N4. The first kappa shape index (κ1) is 10.9. The average molecular weight is 194 g/mol. The Morgan fingerprint density at radius 3 is 2.57 bits per heavy atom. The molecule has 0 saturated carbocycles. The van der Waals surface area contributed by atoms with Crippen LogP contribution in [0.5, 0.6) is 0 Å². The van der Waals surface area contributed by atoms with E-state index in [9.17, 15) is 0 Å². The van der Waals surface area contributed by atoms with Crippen LogP contribution in [0.25, 0.3) is 0 Å². The van der Waals surface area contributed by atoms with Crippen LogP contribution < -0.4 is 11.1 Å². The number of nitrogens with zero attached hydrogens (tertiary/aromatic N) is 2. The molecule has 0 aromatic carbocycles. The number of hydrogen-bond acceptors (Lipinski definition) is 4. The third kappa shape index (κ3) is 3.30. The van der Waals surface area contributed by atoms with E-state index in [1.165, 1.54) is 0 Å². The van der Waals surface area contributed by atoms with Crippen molar-refractivity contribution in [1.29, 1.82) is 0 Å². The van der Waals surface area contributed by atoms with Crippen LogP contribution in [0.1, 0.15) is 19.5 Å². The van der Waals surface area contributed by atoms with E-state index in [4.69, 9.17) is 5.73 Å². The molecule has 0 aliphatic heterocycles. The molecule has 4 nitrogen and oxygen atoms in total. The van der Waals surface area contributed by atoms with Gasteiger partial charge in [0.05, 0.1) is 5.69 Å². The minimum absolute atomic E-state index is 0.0898. The zero-order valence-corrected chi connectivity index (χ0v) is 9.04. The van der Waals surface area contributed by atoms with Gasteiger partial charge in [-0.25, -0.2) is 0 Å². The Morgan fingerprint density at radius 1 is 1.36 bits per heavy atom. The van der Waals surface area contributed by atoms with Crippen LogP contribution in [0.15, 0.2) is 12.1 Å². The minimum Gasteiger partial charge on any atom is -0.368 e. The smallest absolute Gasteiger partial charge is 0.148 e. The van der Waals surface area contributed by atoms with Gasteiger partial charge in [-0.1, -0.05) is 13.8 Å². The lowest BCUT2D eigenvalue weighted by Crippen LogP contribution is -2.31. The standard InChI is InChI=1S/C10H18N4/c1-8-4-5-9(14-13-8)12-7-10(2,3)6-11/h4-5H,6-7,11H2,1-3H3,(H,12,14). The van der Waals surface area contributed by atoms with Crippen LogP contribution in [-0.2, 0) is 0 Å². The Kier molecular flexibility index (Phi) is 3.41. The van der Waals surface area contributed by atoms with E-state index in [1.807, 2.05) is 19.1 Å². The third-order valence-electron chi connectivity index (χ3n) is 2.10. The van der Waals surface area contributed by atoms with Crippen LogP contribution in [0.3, 0.4) is 0 Å². The van der Waals surface area contributed by atoms with Gasteiger partial charge in [0.1, 0.15) is 5.82 Å². The molecule has 1 heterocycles. The van der Waals surface area contributed by atoms with Crippen molar-refractivity contribution < 1.29 is 0 Å². The molecule has 4 heteroatoms. The van der Waals surface area contributed by atoms with Gasteiger partial charge in [-0.15, -0.1) is 5.10 Å². The van der Waals surface area contributed by atoms with Gasteiger partial charge in [0.25, 0.3) is 0 Å². The topological polar surface area (TPSA) is 63.8 Å². The summed E-state index contributed by atoms with van der Waals surface area (Å²) in [7, 11) is 0. The zero-order valence-electron chi connectivity index (χ0n) is 9.04. The molecule has 0 aliphatic carbocycles. The van der Waals surface area contributed by atoms with Gasteiger partial charge in [-0.05, 0) is 31.0 Å². The SMILES string of the molecule is Cc1ccc(NCC(C)(C)CN)nn1. The molecule has 14 heavy (non-hydrogen) atoms. The number of hydrogen-bond donors (Lipinski definition) is 2. The molecule has 1 rings (SSSR count). The van der Waals surface area contributed by atoms with Crippen LogP contribution in [0.2, 0.25) is 0 Å². The molecule has 0 atom stereocenters. The molecule has 0 spiro atoms. The van der Waals surface area contributed by atoms with Gasteiger partial charge in [0, 0.05) is 6.54 Å². The summed E-state index contributed by atoms with van der Waals surface area (Å²) in [5.74, 6) is 0.803. The maximum absolute atomic E-state index is 5.62. The lowest BCUT2D eigenvalue weighted by molar-refractivity contribution is 0.405. The summed E-state index contributed by atoms with van der Waals surface area (Å²) >= 11 is 0. The van der Waals surface area contributed by atoms with E-state index < -0.39 is 0 Å². The summed E-state index contributed by atoms with van der Waals surface area (Å²) in [6, 6.07) is 3.86. The summed E-state index contributed by atoms with van der Waals surface area (Å²) in [4.78, 5) is 0. The monoisotopic (exact) mass is 194 g/mol. The highest BCUT2D eigenvalue weighted by Crippen LogP contribution is 2.13. The molecule has 1 aromatic heterocycles. The highest BCUT2D eigenvalue weighted by molar-refractivity contribution is 5.32. The Balaban J connectivity index is 2.50. The van der Waals surface area contributed by atoms with Crippen molar-refractivity contribution in [2.45, 2.75) is 20.8 Å². The summed E-state index contributed by atoms with van der Waals surface area (Å²) in [6.07, 6.45) is 0. The van der Waals surface area contributed by atoms with Crippen molar-refractivity contribution in [2.75, 3.05) is 18.4 Å². The van der Waals surface area contributed by atoms with Gasteiger partial charge in [0.15, 0.2) is 0 Å². The first-order valence-electron chi connectivity index (χ1n) is 4.78. The molecule has 0 saturated heterocycles. The first-order valence-corrected chi connectivity index (χ1v) is 4.78. The van der Waals surface area contributed by atoms with E-state index in [1.54, 1.807) is 0 Å². The largest absolute Gasteiger partial charge is 0.368 e. The number of rotatable bonds is 4. The minimum atomic E-state index is 0.0898. The first-order chi connectivity index (χ1) is 6.53. The molecule has 0 amide bonds. The van der Waals surface area contributed by atoms with Crippen LogP contribution in [-0.4, -0.2) is 23.3 Å². The molecule has 0 aliphatic rings. The maximum Gasteiger partial charge on any atom is 0.148 e. The Hall–Kier alpha value is -1.16. The molecule has 1 aromatic rings. The van der Waals surface area contributed by atoms with Gasteiger partial charge < -0.3 is 11.1 Å². The summed E-state index contributed by atoms with van der Waals surface area (Å²) in [6.45, 7) is 7.60. The number of nitrogens with one attached hydrogen (secondary N) is 1. The fraction of sp³-hybridized carbons (Fsp3) is 0.600. The van der Waals surface area contributed by atoms with Gasteiger partial charge in [-0.2, -0.15) is 5.10 Å². The zero-order chi connectivity index (χ0) is 10.6. The van der Waals surface area contributed by atoms with E-state index in [0.29, 0.717) is 6.54 Å². The molecule has 0 unspecified atom stereocenters. The number of aryl methyl sites for hydroxylation is 1. The maximum atomic E-state index is 5.62. The lowest BCUT2D eigenvalue weighted by Gasteiger charge is -2.22. The second-order valence-corrected chi connectivity index (χ2v) is 4.28.